The molecule has 0 aromatic rings. The second-order valence-corrected chi connectivity index (χ2v) is 4.74. The molecule has 0 saturated carbocycles. The zero-order valence-corrected chi connectivity index (χ0v) is 11.7. The van der Waals surface area contributed by atoms with Crippen LogP contribution in [0.3, 0.4) is 0 Å². The summed E-state index contributed by atoms with van der Waals surface area (Å²) in [5, 5.41) is 3.23. The first-order valence-electron chi connectivity index (χ1n) is 7.12. The van der Waals surface area contributed by atoms with Gasteiger partial charge in [0.05, 0.1) is 12.8 Å². The highest BCUT2D eigenvalue weighted by atomic mass is 16.5. The third-order valence-corrected chi connectivity index (χ3v) is 3.09. The van der Waals surface area contributed by atoms with Crippen LogP contribution in [0.15, 0.2) is 12.4 Å². The number of carbonyl (C=O) groups excluding carboxylic acids is 1. The fourth-order valence-corrected chi connectivity index (χ4v) is 2.04. The smallest absolute Gasteiger partial charge is 0.325 e. The molecule has 1 N–H and O–H groups in total. The van der Waals surface area contributed by atoms with Gasteiger partial charge < -0.3 is 15.0 Å². The van der Waals surface area contributed by atoms with Crippen LogP contribution in [0.1, 0.15) is 52.4 Å². The van der Waals surface area contributed by atoms with Crippen molar-refractivity contribution < 1.29 is 9.53 Å². The number of rotatable bonds is 9. The largest absolute Gasteiger partial charge is 0.464 e. The Morgan fingerprint density at radius 3 is 2.83 bits per heavy atom. The van der Waals surface area contributed by atoms with Gasteiger partial charge in [-0.3, -0.25) is 4.79 Å². The normalized spacial score (nSPS) is 17.9. The standard InChI is InChI=1S/C14H26N2O2/c1-3-5-6-7-11-18-14(17)12-16-10-9-15-13(16)8-4-2/h9-10,13,15H,3-8,11-12H2,1-2H3. The van der Waals surface area contributed by atoms with Crippen LogP contribution in [0.5, 0.6) is 0 Å². The van der Waals surface area contributed by atoms with E-state index in [4.69, 9.17) is 4.74 Å². The Hall–Kier alpha value is -1.19. The van der Waals surface area contributed by atoms with E-state index in [1.165, 1.54) is 12.8 Å². The third-order valence-electron chi connectivity index (χ3n) is 3.09. The van der Waals surface area contributed by atoms with Crippen LogP contribution >= 0.6 is 0 Å². The lowest BCUT2D eigenvalue weighted by molar-refractivity contribution is -0.144. The molecule has 0 aromatic carbocycles. The molecular weight excluding hydrogens is 228 g/mol. The number of nitrogens with zero attached hydrogens (tertiary/aromatic N) is 1. The van der Waals surface area contributed by atoms with Gasteiger partial charge in [0.2, 0.25) is 0 Å². The summed E-state index contributed by atoms with van der Waals surface area (Å²) in [5.74, 6) is -0.124. The van der Waals surface area contributed by atoms with E-state index in [1.54, 1.807) is 0 Å². The van der Waals surface area contributed by atoms with Crippen molar-refractivity contribution in [1.82, 2.24) is 10.2 Å². The van der Waals surface area contributed by atoms with Gasteiger partial charge in [0, 0.05) is 12.4 Å². The maximum Gasteiger partial charge on any atom is 0.325 e. The maximum absolute atomic E-state index is 11.7. The molecule has 1 aliphatic rings. The van der Waals surface area contributed by atoms with Gasteiger partial charge in [-0.15, -0.1) is 0 Å². The Morgan fingerprint density at radius 2 is 2.11 bits per heavy atom. The highest BCUT2D eigenvalue weighted by Crippen LogP contribution is 2.10. The Bertz CT molecular complexity index is 267. The molecule has 0 amide bonds. The average molecular weight is 254 g/mol. The van der Waals surface area contributed by atoms with E-state index in [9.17, 15) is 4.79 Å². The second kappa shape index (κ2) is 8.84. The quantitative estimate of drug-likeness (QED) is 0.507. The Kier molecular flexibility index (Phi) is 7.30. The van der Waals surface area contributed by atoms with E-state index in [1.807, 2.05) is 17.3 Å². The number of hydrogen-bond donors (Lipinski definition) is 1. The van der Waals surface area contributed by atoms with Crippen molar-refractivity contribution in [2.24, 2.45) is 0 Å². The summed E-state index contributed by atoms with van der Waals surface area (Å²) >= 11 is 0. The van der Waals surface area contributed by atoms with Crippen molar-refractivity contribution in [2.45, 2.75) is 58.5 Å². The molecule has 1 atom stereocenters. The summed E-state index contributed by atoms with van der Waals surface area (Å²) in [4.78, 5) is 13.7. The highest BCUT2D eigenvalue weighted by molar-refractivity contribution is 5.71. The summed E-state index contributed by atoms with van der Waals surface area (Å²) in [6.45, 7) is 5.22. The summed E-state index contributed by atoms with van der Waals surface area (Å²) in [6, 6.07) is 0. The molecule has 4 heteroatoms. The van der Waals surface area contributed by atoms with E-state index in [0.29, 0.717) is 13.2 Å². The molecule has 1 rings (SSSR count). The summed E-state index contributed by atoms with van der Waals surface area (Å²) in [5.41, 5.74) is 0. The molecule has 18 heavy (non-hydrogen) atoms. The van der Waals surface area contributed by atoms with Crippen LogP contribution in [0.25, 0.3) is 0 Å². The van der Waals surface area contributed by atoms with E-state index >= 15 is 0 Å². The predicted octanol–water partition coefficient (Wildman–Crippen LogP) is 2.61. The Morgan fingerprint density at radius 1 is 1.28 bits per heavy atom. The van der Waals surface area contributed by atoms with Crippen LogP contribution in [-0.2, 0) is 9.53 Å². The molecule has 0 fully saturated rings. The second-order valence-electron chi connectivity index (χ2n) is 4.74. The van der Waals surface area contributed by atoms with Crippen molar-refractivity contribution >= 4 is 5.97 Å². The summed E-state index contributed by atoms with van der Waals surface area (Å²) in [7, 11) is 0. The van der Waals surface area contributed by atoms with Crippen LogP contribution in [0.2, 0.25) is 0 Å². The fourth-order valence-electron chi connectivity index (χ4n) is 2.04. The lowest BCUT2D eigenvalue weighted by Crippen LogP contribution is -2.38. The first-order chi connectivity index (χ1) is 8.77. The van der Waals surface area contributed by atoms with Crippen LogP contribution in [0.4, 0.5) is 0 Å². The molecular formula is C14H26N2O2. The molecule has 0 radical (unpaired) electrons. The number of ether oxygens (including phenoxy) is 1. The molecule has 4 nitrogen and oxygen atoms in total. The van der Waals surface area contributed by atoms with Gasteiger partial charge in [0.15, 0.2) is 0 Å². The van der Waals surface area contributed by atoms with E-state index in [-0.39, 0.29) is 12.1 Å². The number of carbonyl (C=O) groups is 1. The van der Waals surface area contributed by atoms with Gasteiger partial charge in [0.25, 0.3) is 0 Å². The molecule has 1 aliphatic heterocycles. The zero-order valence-electron chi connectivity index (χ0n) is 11.7. The van der Waals surface area contributed by atoms with Crippen molar-refractivity contribution in [3.05, 3.63) is 12.4 Å². The fraction of sp³-hybridized carbons (Fsp3) is 0.786. The van der Waals surface area contributed by atoms with Crippen molar-refractivity contribution in [2.75, 3.05) is 13.2 Å². The first-order valence-corrected chi connectivity index (χ1v) is 7.12. The number of unbranched alkanes of at least 4 members (excludes halogenated alkanes) is 3. The van der Waals surface area contributed by atoms with E-state index in [2.05, 4.69) is 19.2 Å². The van der Waals surface area contributed by atoms with Crippen LogP contribution < -0.4 is 5.32 Å². The van der Waals surface area contributed by atoms with Crippen LogP contribution in [0, 0.1) is 0 Å². The van der Waals surface area contributed by atoms with Gasteiger partial charge in [-0.1, -0.05) is 39.5 Å². The van der Waals surface area contributed by atoms with Gasteiger partial charge >= 0.3 is 5.97 Å². The minimum Gasteiger partial charge on any atom is -0.464 e. The van der Waals surface area contributed by atoms with Gasteiger partial charge in [-0.25, -0.2) is 0 Å². The summed E-state index contributed by atoms with van der Waals surface area (Å²) < 4.78 is 5.23. The topological polar surface area (TPSA) is 41.6 Å². The Balaban J connectivity index is 2.13. The number of hydrogen-bond acceptors (Lipinski definition) is 4. The molecule has 0 aromatic heterocycles. The molecule has 0 aliphatic carbocycles. The van der Waals surface area contributed by atoms with Crippen molar-refractivity contribution in [3.63, 3.8) is 0 Å². The van der Waals surface area contributed by atoms with Crippen LogP contribution in [-0.4, -0.2) is 30.2 Å². The summed E-state index contributed by atoms with van der Waals surface area (Å²) in [6.07, 6.45) is 10.8. The molecule has 1 heterocycles. The van der Waals surface area contributed by atoms with Gasteiger partial charge in [-0.05, 0) is 12.8 Å². The first kappa shape index (κ1) is 14.9. The minimum atomic E-state index is -0.124. The van der Waals surface area contributed by atoms with Gasteiger partial charge in [0.1, 0.15) is 6.54 Å². The number of nitrogens with one attached hydrogen (secondary N) is 1. The van der Waals surface area contributed by atoms with Crippen molar-refractivity contribution in [3.8, 4) is 0 Å². The highest BCUT2D eigenvalue weighted by Gasteiger charge is 2.20. The average Bonchev–Trinajstić information content (AvgIpc) is 2.77. The molecule has 0 saturated heterocycles. The van der Waals surface area contributed by atoms with Gasteiger partial charge in [-0.2, -0.15) is 0 Å². The molecule has 1 unspecified atom stereocenters. The SMILES string of the molecule is CCCCCCOC(=O)CN1C=CNC1CCC. The lowest BCUT2D eigenvalue weighted by atomic mass is 10.2. The van der Waals surface area contributed by atoms with E-state index < -0.39 is 0 Å². The van der Waals surface area contributed by atoms with E-state index in [0.717, 1.165) is 25.7 Å². The maximum atomic E-state index is 11.7. The molecule has 0 bridgehead atoms. The third kappa shape index (κ3) is 5.43. The number of esters is 1. The Labute approximate surface area is 110 Å². The predicted molar refractivity (Wildman–Crippen MR) is 72.8 cm³/mol. The molecule has 104 valence electrons. The molecule has 0 spiro atoms. The minimum absolute atomic E-state index is 0.124. The lowest BCUT2D eigenvalue weighted by Gasteiger charge is -2.24. The van der Waals surface area contributed by atoms with Crippen molar-refractivity contribution in [1.29, 1.82) is 0 Å². The zero-order chi connectivity index (χ0) is 13.2. The monoisotopic (exact) mass is 254 g/mol.